The molecule has 0 amide bonds. The first-order valence-corrected chi connectivity index (χ1v) is 6.03. The third-order valence-electron chi connectivity index (χ3n) is 3.44. The summed E-state index contributed by atoms with van der Waals surface area (Å²) in [5, 5.41) is 9.19. The highest BCUT2D eigenvalue weighted by Crippen LogP contribution is 2.27. The summed E-state index contributed by atoms with van der Waals surface area (Å²) in [6, 6.07) is 7.24. The van der Waals surface area contributed by atoms with Crippen molar-refractivity contribution in [2.24, 2.45) is 0 Å². The van der Waals surface area contributed by atoms with E-state index in [2.05, 4.69) is 11.0 Å². The Labute approximate surface area is 112 Å². The van der Waals surface area contributed by atoms with Crippen LogP contribution in [0.3, 0.4) is 0 Å². The number of anilines is 1. The van der Waals surface area contributed by atoms with E-state index >= 15 is 0 Å². The van der Waals surface area contributed by atoms with Crippen LogP contribution in [0.5, 0.6) is 0 Å². The fraction of sp³-hybridized carbons (Fsp3) is 0.429. The summed E-state index contributed by atoms with van der Waals surface area (Å²) < 4.78 is 10.8. The van der Waals surface area contributed by atoms with E-state index in [1.807, 2.05) is 0 Å². The maximum atomic E-state index is 10.7. The standard InChI is InChI=1S/C14H16N2O3/c1-18-13-7-16(8-14(13)19-2)12-4-3-10(9-17)5-11(12)6-15/h3-5,9,13-14H,7-8H2,1-2H3. The number of hydrogen-bond donors (Lipinski definition) is 0. The number of methoxy groups -OCH3 is 2. The summed E-state index contributed by atoms with van der Waals surface area (Å²) in [5.74, 6) is 0. The van der Waals surface area contributed by atoms with E-state index in [9.17, 15) is 10.1 Å². The van der Waals surface area contributed by atoms with Crippen LogP contribution in [-0.4, -0.2) is 45.8 Å². The topological polar surface area (TPSA) is 62.6 Å². The third-order valence-corrected chi connectivity index (χ3v) is 3.44. The second-order valence-electron chi connectivity index (χ2n) is 4.46. The normalized spacial score (nSPS) is 22.3. The molecule has 5 heteroatoms. The predicted molar refractivity (Wildman–Crippen MR) is 70.4 cm³/mol. The van der Waals surface area contributed by atoms with Crippen LogP contribution in [0, 0.1) is 11.3 Å². The predicted octanol–water partition coefficient (Wildman–Crippen LogP) is 1.22. The summed E-state index contributed by atoms with van der Waals surface area (Å²) in [6.45, 7) is 1.34. The van der Waals surface area contributed by atoms with Crippen molar-refractivity contribution in [2.75, 3.05) is 32.2 Å². The Morgan fingerprint density at radius 3 is 2.42 bits per heavy atom. The maximum absolute atomic E-state index is 10.7. The second-order valence-corrected chi connectivity index (χ2v) is 4.46. The molecule has 2 unspecified atom stereocenters. The molecule has 0 aliphatic carbocycles. The SMILES string of the molecule is COC1CN(c2ccc(C=O)cc2C#N)CC1OC. The van der Waals surface area contributed by atoms with Gasteiger partial charge >= 0.3 is 0 Å². The van der Waals surface area contributed by atoms with Gasteiger partial charge < -0.3 is 14.4 Å². The Morgan fingerprint density at radius 1 is 1.32 bits per heavy atom. The lowest BCUT2D eigenvalue weighted by molar-refractivity contribution is -0.00461. The van der Waals surface area contributed by atoms with Crippen molar-refractivity contribution in [1.29, 1.82) is 5.26 Å². The second kappa shape index (κ2) is 5.83. The lowest BCUT2D eigenvalue weighted by Gasteiger charge is -2.19. The Morgan fingerprint density at radius 2 is 1.95 bits per heavy atom. The molecule has 1 aromatic rings. The molecule has 19 heavy (non-hydrogen) atoms. The van der Waals surface area contributed by atoms with Gasteiger partial charge in [-0.1, -0.05) is 0 Å². The first-order valence-electron chi connectivity index (χ1n) is 6.03. The molecule has 1 aliphatic heterocycles. The van der Waals surface area contributed by atoms with Crippen molar-refractivity contribution in [1.82, 2.24) is 0 Å². The number of aldehydes is 1. The summed E-state index contributed by atoms with van der Waals surface area (Å²) in [6.07, 6.45) is 0.717. The van der Waals surface area contributed by atoms with Crippen molar-refractivity contribution in [3.63, 3.8) is 0 Å². The fourth-order valence-electron chi connectivity index (χ4n) is 2.39. The van der Waals surface area contributed by atoms with Crippen LogP contribution >= 0.6 is 0 Å². The van der Waals surface area contributed by atoms with Gasteiger partial charge in [-0.05, 0) is 18.2 Å². The molecule has 2 atom stereocenters. The zero-order valence-corrected chi connectivity index (χ0v) is 11.0. The van der Waals surface area contributed by atoms with Crippen LogP contribution in [0.1, 0.15) is 15.9 Å². The summed E-state index contributed by atoms with van der Waals surface area (Å²) in [7, 11) is 3.31. The van der Waals surface area contributed by atoms with Gasteiger partial charge in [0.25, 0.3) is 0 Å². The minimum Gasteiger partial charge on any atom is -0.377 e. The number of benzene rings is 1. The summed E-state index contributed by atoms with van der Waals surface area (Å²) in [5.41, 5.74) is 1.82. The fourth-order valence-corrected chi connectivity index (χ4v) is 2.39. The molecule has 0 spiro atoms. The van der Waals surface area contributed by atoms with Gasteiger partial charge in [0.05, 0.1) is 11.3 Å². The van der Waals surface area contributed by atoms with Gasteiger partial charge in [0, 0.05) is 32.9 Å². The van der Waals surface area contributed by atoms with Crippen molar-refractivity contribution in [2.45, 2.75) is 12.2 Å². The van der Waals surface area contributed by atoms with Gasteiger partial charge in [0.1, 0.15) is 24.6 Å². The quantitative estimate of drug-likeness (QED) is 0.762. The number of carbonyl (C=O) groups excluding carboxylic acids is 1. The van der Waals surface area contributed by atoms with Crippen molar-refractivity contribution < 1.29 is 14.3 Å². The van der Waals surface area contributed by atoms with Gasteiger partial charge in [0.2, 0.25) is 0 Å². The van der Waals surface area contributed by atoms with Gasteiger partial charge in [-0.3, -0.25) is 4.79 Å². The molecule has 100 valence electrons. The molecular weight excluding hydrogens is 244 g/mol. The van der Waals surface area contributed by atoms with Gasteiger partial charge in [-0.2, -0.15) is 5.26 Å². The highest BCUT2D eigenvalue weighted by Gasteiger charge is 2.33. The van der Waals surface area contributed by atoms with Crippen LogP contribution in [0.4, 0.5) is 5.69 Å². The van der Waals surface area contributed by atoms with E-state index in [0.717, 1.165) is 12.0 Å². The highest BCUT2D eigenvalue weighted by atomic mass is 16.5. The molecule has 1 aliphatic rings. The average molecular weight is 260 g/mol. The molecule has 1 fully saturated rings. The average Bonchev–Trinajstić information content (AvgIpc) is 2.89. The Kier molecular flexibility index (Phi) is 4.15. The first kappa shape index (κ1) is 13.5. The first-order chi connectivity index (χ1) is 9.23. The molecule has 1 saturated heterocycles. The molecule has 0 saturated carbocycles. The molecule has 2 rings (SSSR count). The van der Waals surface area contributed by atoms with E-state index < -0.39 is 0 Å². The highest BCUT2D eigenvalue weighted by molar-refractivity contribution is 5.78. The van der Waals surface area contributed by atoms with Gasteiger partial charge in [-0.25, -0.2) is 0 Å². The molecular formula is C14H16N2O3. The Balaban J connectivity index is 2.28. The molecule has 1 aromatic carbocycles. The molecule has 1 heterocycles. The van der Waals surface area contributed by atoms with E-state index in [-0.39, 0.29) is 12.2 Å². The van der Waals surface area contributed by atoms with Crippen LogP contribution in [-0.2, 0) is 9.47 Å². The number of nitrogens with zero attached hydrogens (tertiary/aromatic N) is 2. The molecule has 5 nitrogen and oxygen atoms in total. The minimum atomic E-state index is -0.0118. The number of nitriles is 1. The lowest BCUT2D eigenvalue weighted by Crippen LogP contribution is -2.27. The van der Waals surface area contributed by atoms with Crippen molar-refractivity contribution in [3.8, 4) is 6.07 Å². The van der Waals surface area contributed by atoms with Crippen LogP contribution in [0.25, 0.3) is 0 Å². The monoisotopic (exact) mass is 260 g/mol. The van der Waals surface area contributed by atoms with Crippen LogP contribution < -0.4 is 4.90 Å². The Bertz CT molecular complexity index is 498. The van der Waals surface area contributed by atoms with Crippen LogP contribution in [0.15, 0.2) is 18.2 Å². The largest absolute Gasteiger partial charge is 0.377 e. The summed E-state index contributed by atoms with van der Waals surface area (Å²) >= 11 is 0. The lowest BCUT2D eigenvalue weighted by atomic mass is 10.1. The van der Waals surface area contributed by atoms with Crippen molar-refractivity contribution in [3.05, 3.63) is 29.3 Å². The molecule has 0 bridgehead atoms. The van der Waals surface area contributed by atoms with E-state index in [1.165, 1.54) is 0 Å². The molecule has 0 radical (unpaired) electrons. The zero-order valence-electron chi connectivity index (χ0n) is 11.0. The molecule has 0 aromatic heterocycles. The van der Waals surface area contributed by atoms with E-state index in [4.69, 9.17) is 9.47 Å². The van der Waals surface area contributed by atoms with Gasteiger partial charge in [0.15, 0.2) is 0 Å². The smallest absolute Gasteiger partial charge is 0.150 e. The Hall–Kier alpha value is -1.90. The van der Waals surface area contributed by atoms with Crippen LogP contribution in [0.2, 0.25) is 0 Å². The number of hydrogen-bond acceptors (Lipinski definition) is 5. The van der Waals surface area contributed by atoms with Crippen molar-refractivity contribution >= 4 is 12.0 Å². The number of rotatable bonds is 4. The van der Waals surface area contributed by atoms with E-state index in [1.54, 1.807) is 32.4 Å². The number of ether oxygens (including phenoxy) is 2. The molecule has 0 N–H and O–H groups in total. The minimum absolute atomic E-state index is 0.0118. The third kappa shape index (κ3) is 2.60. The zero-order chi connectivity index (χ0) is 13.8. The summed E-state index contributed by atoms with van der Waals surface area (Å²) in [4.78, 5) is 12.8. The van der Waals surface area contributed by atoms with Gasteiger partial charge in [-0.15, -0.1) is 0 Å². The van der Waals surface area contributed by atoms with E-state index in [0.29, 0.717) is 24.2 Å². The number of carbonyl (C=O) groups is 1. The maximum Gasteiger partial charge on any atom is 0.150 e.